The van der Waals surface area contributed by atoms with E-state index >= 15 is 0 Å². The molecule has 2 aliphatic carbocycles. The van der Waals surface area contributed by atoms with Gasteiger partial charge in [0.05, 0.1) is 23.4 Å². The highest BCUT2D eigenvalue weighted by atomic mass is 16.6. The summed E-state index contributed by atoms with van der Waals surface area (Å²) in [6.07, 6.45) is 1.28. The van der Waals surface area contributed by atoms with Crippen molar-refractivity contribution >= 4 is 17.9 Å². The van der Waals surface area contributed by atoms with Crippen LogP contribution in [0, 0.1) is 17.8 Å². The molecule has 29 heavy (non-hydrogen) atoms. The molecule has 0 amide bonds. The molecule has 0 unspecified atom stereocenters. The van der Waals surface area contributed by atoms with Gasteiger partial charge in [0.2, 0.25) is 0 Å². The number of allylic oxidation sites excluding steroid dienone is 1. The minimum absolute atomic E-state index is 0.144. The van der Waals surface area contributed by atoms with Crippen LogP contribution in [0.3, 0.4) is 0 Å². The Labute approximate surface area is 170 Å². The molecule has 158 valence electrons. The van der Waals surface area contributed by atoms with Crippen LogP contribution in [0.4, 0.5) is 0 Å². The van der Waals surface area contributed by atoms with E-state index in [1.54, 1.807) is 32.9 Å². The van der Waals surface area contributed by atoms with E-state index < -0.39 is 53.7 Å². The van der Waals surface area contributed by atoms with Crippen molar-refractivity contribution in [2.24, 2.45) is 17.8 Å². The van der Waals surface area contributed by atoms with Gasteiger partial charge in [-0.3, -0.25) is 9.59 Å². The van der Waals surface area contributed by atoms with Gasteiger partial charge in [0, 0.05) is 12.5 Å². The molecule has 3 rings (SSSR count). The second-order valence-electron chi connectivity index (χ2n) is 8.34. The second-order valence-corrected chi connectivity index (χ2v) is 8.34. The summed E-state index contributed by atoms with van der Waals surface area (Å²) in [5.74, 6) is -3.29. The molecule has 0 aromatic rings. The van der Waals surface area contributed by atoms with Crippen molar-refractivity contribution in [3.05, 3.63) is 35.5 Å². The standard InChI is InChI=1S/C22H28O7/c1-7-10(2)20(24)29-19-15-12(4)21(25)28-18(15)16-14(8-9-22(16,6)26)11(3)17(19)27-13(5)23/h8-10,15-19,26H,4,7H2,1-3,5-6H3/t10-,15+,16+,17+,18+,19-,22-/m1/s1. The van der Waals surface area contributed by atoms with Crippen LogP contribution in [0.2, 0.25) is 0 Å². The molecule has 0 radical (unpaired) electrons. The highest BCUT2D eigenvalue weighted by Gasteiger charge is 2.59. The van der Waals surface area contributed by atoms with Crippen LogP contribution < -0.4 is 0 Å². The van der Waals surface area contributed by atoms with Gasteiger partial charge < -0.3 is 19.3 Å². The van der Waals surface area contributed by atoms with Crippen molar-refractivity contribution in [2.75, 3.05) is 0 Å². The molecular formula is C22H28O7. The Morgan fingerprint density at radius 3 is 2.62 bits per heavy atom. The molecule has 7 nitrogen and oxygen atoms in total. The van der Waals surface area contributed by atoms with Crippen LogP contribution in [-0.2, 0) is 28.6 Å². The lowest BCUT2D eigenvalue weighted by atomic mass is 9.78. The number of fused-ring (bicyclic) bond motifs is 3. The third-order valence-corrected chi connectivity index (χ3v) is 6.25. The van der Waals surface area contributed by atoms with E-state index in [1.807, 2.05) is 6.92 Å². The third-order valence-electron chi connectivity index (χ3n) is 6.25. The van der Waals surface area contributed by atoms with E-state index in [9.17, 15) is 19.5 Å². The maximum Gasteiger partial charge on any atom is 0.334 e. The maximum atomic E-state index is 12.6. The number of carbonyl (C=O) groups is 3. The molecule has 1 saturated heterocycles. The van der Waals surface area contributed by atoms with E-state index in [1.165, 1.54) is 6.92 Å². The Morgan fingerprint density at radius 1 is 1.38 bits per heavy atom. The van der Waals surface area contributed by atoms with Crippen LogP contribution in [0.15, 0.2) is 35.5 Å². The van der Waals surface area contributed by atoms with Crippen LogP contribution in [-0.4, -0.2) is 46.9 Å². The van der Waals surface area contributed by atoms with E-state index in [4.69, 9.17) is 14.2 Å². The molecule has 1 heterocycles. The summed E-state index contributed by atoms with van der Waals surface area (Å²) in [6.45, 7) is 12.2. The average Bonchev–Trinajstić information content (AvgIpc) is 3.08. The maximum absolute atomic E-state index is 12.6. The van der Waals surface area contributed by atoms with Crippen LogP contribution in [0.1, 0.15) is 41.0 Å². The first kappa shape index (κ1) is 21.3. The van der Waals surface area contributed by atoms with E-state index in [-0.39, 0.29) is 11.5 Å². The van der Waals surface area contributed by atoms with Crippen LogP contribution in [0.5, 0.6) is 0 Å². The largest absolute Gasteiger partial charge is 0.457 e. The number of aliphatic hydroxyl groups is 1. The predicted molar refractivity (Wildman–Crippen MR) is 103 cm³/mol. The number of rotatable bonds is 4. The minimum atomic E-state index is -1.28. The van der Waals surface area contributed by atoms with Crippen LogP contribution >= 0.6 is 0 Å². The molecule has 0 saturated carbocycles. The summed E-state index contributed by atoms with van der Waals surface area (Å²) in [7, 11) is 0. The average molecular weight is 404 g/mol. The molecule has 0 bridgehead atoms. The quantitative estimate of drug-likeness (QED) is 0.436. The minimum Gasteiger partial charge on any atom is -0.457 e. The molecule has 0 aromatic heterocycles. The van der Waals surface area contributed by atoms with Crippen molar-refractivity contribution in [1.82, 2.24) is 0 Å². The number of hydrogen-bond acceptors (Lipinski definition) is 7. The second kappa shape index (κ2) is 7.44. The van der Waals surface area contributed by atoms with E-state index in [0.717, 1.165) is 0 Å². The predicted octanol–water partition coefficient (Wildman–Crippen LogP) is 2.24. The number of carbonyl (C=O) groups excluding carboxylic acids is 3. The third kappa shape index (κ3) is 3.52. The monoisotopic (exact) mass is 404 g/mol. The normalized spacial score (nSPS) is 36.8. The first-order chi connectivity index (χ1) is 13.5. The van der Waals surface area contributed by atoms with E-state index in [2.05, 4.69) is 6.58 Å². The van der Waals surface area contributed by atoms with Crippen molar-refractivity contribution in [2.45, 2.75) is 65.0 Å². The molecular weight excluding hydrogens is 376 g/mol. The van der Waals surface area contributed by atoms with Gasteiger partial charge in [0.1, 0.15) is 6.10 Å². The lowest BCUT2D eigenvalue weighted by Gasteiger charge is -2.34. The fraction of sp³-hybridized carbons (Fsp3) is 0.591. The SMILES string of the molecule is C=C1C(=O)O[C@H]2[C@H]1[C@@H](OC(=O)[C@H](C)CC)[C@@H](OC(C)=O)C(C)=C1C=C[C@@](C)(O)[C@@H]12. The zero-order valence-corrected chi connectivity index (χ0v) is 17.4. The van der Waals surface area contributed by atoms with Gasteiger partial charge in [-0.1, -0.05) is 32.6 Å². The zero-order chi connectivity index (χ0) is 21.7. The van der Waals surface area contributed by atoms with Crippen molar-refractivity contribution < 1.29 is 33.7 Å². The highest BCUT2D eigenvalue weighted by Crippen LogP contribution is 2.50. The first-order valence-corrected chi connectivity index (χ1v) is 9.89. The number of esters is 3. The van der Waals surface area contributed by atoms with Gasteiger partial charge in [0.15, 0.2) is 12.2 Å². The van der Waals surface area contributed by atoms with Gasteiger partial charge in [-0.15, -0.1) is 0 Å². The lowest BCUT2D eigenvalue weighted by molar-refractivity contribution is -0.172. The topological polar surface area (TPSA) is 99.1 Å². The molecule has 7 heteroatoms. The van der Waals surface area contributed by atoms with Crippen molar-refractivity contribution in [3.8, 4) is 0 Å². The van der Waals surface area contributed by atoms with Gasteiger partial charge in [-0.2, -0.15) is 0 Å². The molecule has 1 fully saturated rings. The Bertz CT molecular complexity index is 819. The van der Waals surface area contributed by atoms with Gasteiger partial charge in [-0.05, 0) is 31.4 Å². The van der Waals surface area contributed by atoms with E-state index in [0.29, 0.717) is 17.6 Å². The lowest BCUT2D eigenvalue weighted by Crippen LogP contribution is -2.47. The Morgan fingerprint density at radius 2 is 2.03 bits per heavy atom. The molecule has 3 aliphatic rings. The summed E-state index contributed by atoms with van der Waals surface area (Å²) in [6, 6.07) is 0. The first-order valence-electron chi connectivity index (χ1n) is 9.89. The van der Waals surface area contributed by atoms with Crippen molar-refractivity contribution in [3.63, 3.8) is 0 Å². The number of ether oxygens (including phenoxy) is 3. The zero-order valence-electron chi connectivity index (χ0n) is 17.4. The molecule has 7 atom stereocenters. The Kier molecular flexibility index (Phi) is 5.47. The molecule has 1 N–H and O–H groups in total. The summed E-state index contributed by atoms with van der Waals surface area (Å²) >= 11 is 0. The van der Waals surface area contributed by atoms with Gasteiger partial charge >= 0.3 is 17.9 Å². The van der Waals surface area contributed by atoms with Crippen molar-refractivity contribution in [1.29, 1.82) is 0 Å². The summed E-state index contributed by atoms with van der Waals surface area (Å²) in [5, 5.41) is 11.0. The summed E-state index contributed by atoms with van der Waals surface area (Å²) < 4.78 is 17.0. The Balaban J connectivity index is 2.15. The Hall–Kier alpha value is -2.41. The molecule has 1 aliphatic heterocycles. The fourth-order valence-corrected chi connectivity index (χ4v) is 4.42. The van der Waals surface area contributed by atoms with Gasteiger partial charge in [-0.25, -0.2) is 4.79 Å². The smallest absolute Gasteiger partial charge is 0.334 e. The van der Waals surface area contributed by atoms with Crippen LogP contribution in [0.25, 0.3) is 0 Å². The summed E-state index contributed by atoms with van der Waals surface area (Å²) in [4.78, 5) is 36.9. The summed E-state index contributed by atoms with van der Waals surface area (Å²) in [5.41, 5.74) is 0.229. The molecule has 0 aromatic carbocycles. The number of hydrogen-bond donors (Lipinski definition) is 1. The van der Waals surface area contributed by atoms with Gasteiger partial charge in [0.25, 0.3) is 0 Å². The molecule has 0 spiro atoms. The highest BCUT2D eigenvalue weighted by molar-refractivity contribution is 5.91. The fourth-order valence-electron chi connectivity index (χ4n) is 4.42.